The molecule has 1 aromatic heterocycles. The number of nitrogens with one attached hydrogen (secondary N) is 1. The molecule has 3 nitrogen and oxygen atoms in total. The van der Waals surface area contributed by atoms with E-state index in [0.717, 1.165) is 19.5 Å². The van der Waals surface area contributed by atoms with Crippen molar-refractivity contribution < 1.29 is 0 Å². The Kier molecular flexibility index (Phi) is 2.72. The predicted octanol–water partition coefficient (Wildman–Crippen LogP) is 1.31. The Morgan fingerprint density at radius 2 is 2.57 bits per heavy atom. The second kappa shape index (κ2) is 4.00. The van der Waals surface area contributed by atoms with Gasteiger partial charge in [-0.15, -0.1) is 11.3 Å². The summed E-state index contributed by atoms with van der Waals surface area (Å²) < 4.78 is 0. The molecule has 1 aliphatic heterocycles. The van der Waals surface area contributed by atoms with E-state index in [1.165, 1.54) is 10.4 Å². The Morgan fingerprint density at radius 1 is 1.71 bits per heavy atom. The van der Waals surface area contributed by atoms with E-state index in [9.17, 15) is 0 Å². The highest BCUT2D eigenvalue weighted by Gasteiger charge is 2.16. The molecule has 1 unspecified atom stereocenters. The summed E-state index contributed by atoms with van der Waals surface area (Å²) in [6.07, 6.45) is 1.11. The summed E-state index contributed by atoms with van der Waals surface area (Å²) >= 11 is 1.83. The average molecular weight is 209 g/mol. The molecule has 0 saturated carbocycles. The second-order valence-corrected chi connectivity index (χ2v) is 4.46. The van der Waals surface area contributed by atoms with E-state index in [4.69, 9.17) is 5.73 Å². The molecule has 0 saturated heterocycles. The van der Waals surface area contributed by atoms with E-state index in [1.807, 2.05) is 11.3 Å². The number of aliphatic imine (C=N–C) groups is 1. The number of hydrogen-bond donors (Lipinski definition) is 2. The molecule has 0 aromatic carbocycles. The van der Waals surface area contributed by atoms with E-state index in [1.54, 1.807) is 0 Å². The van der Waals surface area contributed by atoms with Crippen LogP contribution in [0.1, 0.15) is 23.3 Å². The summed E-state index contributed by atoms with van der Waals surface area (Å²) in [5.74, 6) is 1.08. The maximum atomic E-state index is 5.55. The topological polar surface area (TPSA) is 50.4 Å². The van der Waals surface area contributed by atoms with Crippen molar-refractivity contribution in [1.82, 2.24) is 5.32 Å². The Hall–Kier alpha value is -1.03. The molecule has 2 rings (SSSR count). The minimum absolute atomic E-state index is 0.507. The Labute approximate surface area is 88.0 Å². The summed E-state index contributed by atoms with van der Waals surface area (Å²) in [6.45, 7) is 3.92. The van der Waals surface area contributed by atoms with Gasteiger partial charge in [-0.3, -0.25) is 4.99 Å². The molecule has 1 aromatic rings. The van der Waals surface area contributed by atoms with Gasteiger partial charge in [-0.1, -0.05) is 6.92 Å². The van der Waals surface area contributed by atoms with Gasteiger partial charge in [-0.25, -0.2) is 0 Å². The largest absolute Gasteiger partial charge is 0.370 e. The molecule has 3 N–H and O–H groups in total. The number of thiophene rings is 1. The standard InChI is InChI=1S/C10H15N3S/c1-2-7-3-9(14-6-7)8-4-12-10(11)13-5-8/h3,6,8H,2,4-5H2,1H3,(H3,11,12,13). The zero-order valence-corrected chi connectivity index (χ0v) is 9.10. The van der Waals surface area contributed by atoms with Crippen molar-refractivity contribution in [3.63, 3.8) is 0 Å². The van der Waals surface area contributed by atoms with Crippen LogP contribution in [0.4, 0.5) is 0 Å². The molecule has 14 heavy (non-hydrogen) atoms. The number of guanidine groups is 1. The first-order valence-corrected chi connectivity index (χ1v) is 5.78. The molecule has 0 aliphatic carbocycles. The summed E-state index contributed by atoms with van der Waals surface area (Å²) in [4.78, 5) is 5.63. The Bertz CT molecular complexity index is 343. The van der Waals surface area contributed by atoms with Crippen LogP contribution >= 0.6 is 11.3 Å². The fraction of sp³-hybridized carbons (Fsp3) is 0.500. The van der Waals surface area contributed by atoms with Crippen molar-refractivity contribution in [3.8, 4) is 0 Å². The minimum atomic E-state index is 0.507. The van der Waals surface area contributed by atoms with Crippen LogP contribution in [-0.4, -0.2) is 19.0 Å². The normalized spacial score (nSPS) is 21.5. The minimum Gasteiger partial charge on any atom is -0.370 e. The zero-order valence-electron chi connectivity index (χ0n) is 8.29. The average Bonchev–Trinajstić information content (AvgIpc) is 2.67. The van der Waals surface area contributed by atoms with Crippen molar-refractivity contribution in [3.05, 3.63) is 21.9 Å². The first kappa shape index (κ1) is 9.52. The fourth-order valence-electron chi connectivity index (χ4n) is 1.54. The summed E-state index contributed by atoms with van der Waals surface area (Å²) in [7, 11) is 0. The lowest BCUT2D eigenvalue weighted by molar-refractivity contribution is 0.644. The molecule has 1 aliphatic rings. The number of aryl methyl sites for hydroxylation is 1. The van der Waals surface area contributed by atoms with E-state index >= 15 is 0 Å². The first-order chi connectivity index (χ1) is 6.79. The molecule has 0 spiro atoms. The molecule has 0 bridgehead atoms. The number of nitrogens with two attached hydrogens (primary N) is 1. The van der Waals surface area contributed by atoms with Crippen molar-refractivity contribution in [2.75, 3.05) is 13.1 Å². The lowest BCUT2D eigenvalue weighted by atomic mass is 10.1. The molecule has 2 heterocycles. The van der Waals surface area contributed by atoms with E-state index in [0.29, 0.717) is 11.9 Å². The molecular weight excluding hydrogens is 194 g/mol. The predicted molar refractivity (Wildman–Crippen MR) is 60.9 cm³/mol. The lowest BCUT2D eigenvalue weighted by Crippen LogP contribution is -2.39. The van der Waals surface area contributed by atoms with Crippen LogP contribution in [0, 0.1) is 0 Å². The van der Waals surface area contributed by atoms with Gasteiger partial charge in [0.15, 0.2) is 5.96 Å². The monoisotopic (exact) mass is 209 g/mol. The fourth-order valence-corrected chi connectivity index (χ4v) is 2.63. The van der Waals surface area contributed by atoms with Gasteiger partial charge < -0.3 is 11.1 Å². The Morgan fingerprint density at radius 3 is 3.14 bits per heavy atom. The van der Waals surface area contributed by atoms with Gasteiger partial charge in [0.2, 0.25) is 0 Å². The third-order valence-electron chi connectivity index (χ3n) is 2.50. The zero-order chi connectivity index (χ0) is 9.97. The van der Waals surface area contributed by atoms with Crippen molar-refractivity contribution in [2.24, 2.45) is 10.7 Å². The molecule has 0 radical (unpaired) electrons. The summed E-state index contributed by atoms with van der Waals surface area (Å²) in [5, 5.41) is 5.33. The van der Waals surface area contributed by atoms with E-state index in [-0.39, 0.29) is 0 Å². The number of rotatable bonds is 2. The molecule has 0 fully saturated rings. The van der Waals surface area contributed by atoms with Crippen LogP contribution in [0.2, 0.25) is 0 Å². The van der Waals surface area contributed by atoms with Gasteiger partial charge in [0.1, 0.15) is 0 Å². The SMILES string of the molecule is CCc1csc(C2CN=C(N)NC2)c1. The maximum absolute atomic E-state index is 5.55. The quantitative estimate of drug-likeness (QED) is 0.771. The van der Waals surface area contributed by atoms with Crippen molar-refractivity contribution in [2.45, 2.75) is 19.3 Å². The van der Waals surface area contributed by atoms with Gasteiger partial charge in [-0.05, 0) is 23.4 Å². The van der Waals surface area contributed by atoms with Crippen LogP contribution in [0.25, 0.3) is 0 Å². The van der Waals surface area contributed by atoms with Gasteiger partial charge in [-0.2, -0.15) is 0 Å². The molecule has 1 atom stereocenters. The van der Waals surface area contributed by atoms with E-state index < -0.39 is 0 Å². The molecular formula is C10H15N3S. The van der Waals surface area contributed by atoms with Crippen LogP contribution in [0.3, 0.4) is 0 Å². The number of hydrogen-bond acceptors (Lipinski definition) is 4. The van der Waals surface area contributed by atoms with Crippen LogP contribution in [0.5, 0.6) is 0 Å². The van der Waals surface area contributed by atoms with Crippen molar-refractivity contribution >= 4 is 17.3 Å². The molecule has 76 valence electrons. The number of nitrogens with zero attached hydrogens (tertiary/aromatic N) is 1. The highest BCUT2D eigenvalue weighted by atomic mass is 32.1. The Balaban J connectivity index is 2.09. The third-order valence-corrected chi connectivity index (χ3v) is 3.64. The highest BCUT2D eigenvalue weighted by molar-refractivity contribution is 7.10. The van der Waals surface area contributed by atoms with E-state index in [2.05, 4.69) is 28.7 Å². The molecule has 0 amide bonds. The van der Waals surface area contributed by atoms with Crippen molar-refractivity contribution in [1.29, 1.82) is 0 Å². The second-order valence-electron chi connectivity index (χ2n) is 3.51. The van der Waals surface area contributed by atoms with Gasteiger partial charge in [0, 0.05) is 17.3 Å². The smallest absolute Gasteiger partial charge is 0.188 e. The van der Waals surface area contributed by atoms with Gasteiger partial charge >= 0.3 is 0 Å². The van der Waals surface area contributed by atoms with Crippen LogP contribution in [-0.2, 0) is 6.42 Å². The molecule has 4 heteroatoms. The first-order valence-electron chi connectivity index (χ1n) is 4.90. The van der Waals surface area contributed by atoms with Crippen LogP contribution < -0.4 is 11.1 Å². The summed E-state index contributed by atoms with van der Waals surface area (Å²) in [5.41, 5.74) is 6.97. The maximum Gasteiger partial charge on any atom is 0.188 e. The lowest BCUT2D eigenvalue weighted by Gasteiger charge is -2.19. The van der Waals surface area contributed by atoms with Gasteiger partial charge in [0.25, 0.3) is 0 Å². The highest BCUT2D eigenvalue weighted by Crippen LogP contribution is 2.25. The summed E-state index contributed by atoms with van der Waals surface area (Å²) in [6, 6.07) is 2.29. The third kappa shape index (κ3) is 1.90. The van der Waals surface area contributed by atoms with Gasteiger partial charge in [0.05, 0.1) is 6.54 Å². The van der Waals surface area contributed by atoms with Crippen LogP contribution in [0.15, 0.2) is 16.4 Å².